The van der Waals surface area contributed by atoms with Crippen molar-refractivity contribution >= 4 is 22.4 Å². The molecule has 0 atom stereocenters. The third-order valence-corrected chi connectivity index (χ3v) is 2.25. The number of aromatic nitrogens is 4. The Balaban J connectivity index is 1.78. The number of nitrogens with one attached hydrogen (secondary N) is 1. The summed E-state index contributed by atoms with van der Waals surface area (Å²) < 4.78 is 5.66. The molecule has 2 aromatic heterocycles. The Morgan fingerprint density at radius 2 is 2.50 bits per heavy atom. The van der Waals surface area contributed by atoms with Crippen molar-refractivity contribution in [3.8, 4) is 0 Å². The highest BCUT2D eigenvalue weighted by atomic mass is 32.1. The van der Waals surface area contributed by atoms with Crippen LogP contribution >= 0.6 is 11.5 Å². The summed E-state index contributed by atoms with van der Waals surface area (Å²) in [5.41, 5.74) is 6.20. The molecule has 0 spiro atoms. The lowest BCUT2D eigenvalue weighted by Gasteiger charge is -2.01. The summed E-state index contributed by atoms with van der Waals surface area (Å²) in [5, 5.41) is 8.00. The van der Waals surface area contributed by atoms with E-state index < -0.39 is 0 Å². The van der Waals surface area contributed by atoms with E-state index in [4.69, 9.17) is 5.73 Å². The zero-order valence-electron chi connectivity index (χ0n) is 7.42. The van der Waals surface area contributed by atoms with Gasteiger partial charge in [0, 0.05) is 24.3 Å². The summed E-state index contributed by atoms with van der Waals surface area (Å²) >= 11 is 1.34. The Hall–Kier alpha value is -1.63. The van der Waals surface area contributed by atoms with Crippen LogP contribution in [0.25, 0.3) is 0 Å². The Kier molecular flexibility index (Phi) is 2.59. The van der Waals surface area contributed by atoms with Gasteiger partial charge in [0.05, 0.1) is 18.4 Å². The average molecular weight is 210 g/mol. The molecular formula is C7H10N6S. The van der Waals surface area contributed by atoms with Gasteiger partial charge in [-0.3, -0.25) is 4.68 Å². The topological polar surface area (TPSA) is 81.6 Å². The monoisotopic (exact) mass is 210 g/mol. The van der Waals surface area contributed by atoms with Crippen molar-refractivity contribution in [3.63, 3.8) is 0 Å². The third kappa shape index (κ3) is 2.19. The Bertz CT molecular complexity index is 381. The van der Waals surface area contributed by atoms with Gasteiger partial charge in [0.25, 0.3) is 0 Å². The number of rotatable bonds is 4. The van der Waals surface area contributed by atoms with Crippen LogP contribution in [0.1, 0.15) is 0 Å². The van der Waals surface area contributed by atoms with Crippen molar-refractivity contribution in [2.24, 2.45) is 0 Å². The predicted molar refractivity (Wildman–Crippen MR) is 55.0 cm³/mol. The largest absolute Gasteiger partial charge is 0.396 e. The highest BCUT2D eigenvalue weighted by Crippen LogP contribution is 2.05. The van der Waals surface area contributed by atoms with Crippen molar-refractivity contribution in [1.82, 2.24) is 19.1 Å². The quantitative estimate of drug-likeness (QED) is 0.764. The van der Waals surface area contributed by atoms with Gasteiger partial charge < -0.3 is 11.1 Å². The molecule has 0 amide bonds. The van der Waals surface area contributed by atoms with E-state index in [1.807, 2.05) is 0 Å². The van der Waals surface area contributed by atoms with E-state index >= 15 is 0 Å². The van der Waals surface area contributed by atoms with Gasteiger partial charge in [-0.1, -0.05) is 0 Å². The van der Waals surface area contributed by atoms with Gasteiger partial charge in [-0.15, -0.1) is 0 Å². The molecule has 3 N–H and O–H groups in total. The summed E-state index contributed by atoms with van der Waals surface area (Å²) in [5.74, 6) is 0. The third-order valence-electron chi connectivity index (χ3n) is 1.63. The minimum atomic E-state index is 0.681. The van der Waals surface area contributed by atoms with Crippen LogP contribution in [0, 0.1) is 0 Å². The number of hydrogen-bond donors (Lipinski definition) is 2. The SMILES string of the molecule is Nc1cnn(CCNc2ncns2)c1. The summed E-state index contributed by atoms with van der Waals surface area (Å²) in [7, 11) is 0. The summed E-state index contributed by atoms with van der Waals surface area (Å²) in [6.45, 7) is 1.52. The maximum Gasteiger partial charge on any atom is 0.202 e. The van der Waals surface area contributed by atoms with Crippen LogP contribution in [-0.2, 0) is 6.54 Å². The van der Waals surface area contributed by atoms with Crippen LogP contribution in [0.3, 0.4) is 0 Å². The fourth-order valence-electron chi connectivity index (χ4n) is 1.03. The first-order chi connectivity index (χ1) is 6.84. The molecule has 0 aromatic carbocycles. The van der Waals surface area contributed by atoms with Crippen molar-refractivity contribution in [2.45, 2.75) is 6.54 Å². The first-order valence-corrected chi connectivity index (χ1v) is 4.90. The van der Waals surface area contributed by atoms with Gasteiger partial charge in [0.1, 0.15) is 6.33 Å². The lowest BCUT2D eigenvalue weighted by Crippen LogP contribution is -2.10. The van der Waals surface area contributed by atoms with Gasteiger partial charge in [-0.25, -0.2) is 4.98 Å². The maximum absolute atomic E-state index is 5.52. The van der Waals surface area contributed by atoms with E-state index in [0.29, 0.717) is 5.69 Å². The fraction of sp³-hybridized carbons (Fsp3) is 0.286. The first-order valence-electron chi connectivity index (χ1n) is 4.13. The molecule has 2 aromatic rings. The van der Waals surface area contributed by atoms with Gasteiger partial charge in [-0.05, 0) is 0 Å². The molecular weight excluding hydrogens is 200 g/mol. The molecule has 0 aliphatic carbocycles. The molecule has 0 saturated heterocycles. The zero-order chi connectivity index (χ0) is 9.80. The summed E-state index contributed by atoms with van der Waals surface area (Å²) in [6, 6.07) is 0. The van der Waals surface area contributed by atoms with Crippen LogP contribution in [0.5, 0.6) is 0 Å². The second-order valence-corrected chi connectivity index (χ2v) is 3.49. The number of nitrogens with zero attached hydrogens (tertiary/aromatic N) is 4. The zero-order valence-corrected chi connectivity index (χ0v) is 8.24. The molecule has 0 aliphatic heterocycles. The van der Waals surface area contributed by atoms with Crippen molar-refractivity contribution < 1.29 is 0 Å². The molecule has 7 heteroatoms. The molecule has 0 fully saturated rings. The Labute approximate surface area is 84.9 Å². The van der Waals surface area contributed by atoms with E-state index in [-0.39, 0.29) is 0 Å². The molecule has 2 heterocycles. The first kappa shape index (κ1) is 8.95. The Morgan fingerprint density at radius 3 is 3.14 bits per heavy atom. The van der Waals surface area contributed by atoms with Crippen molar-refractivity contribution in [1.29, 1.82) is 0 Å². The van der Waals surface area contributed by atoms with Crippen molar-refractivity contribution in [3.05, 3.63) is 18.7 Å². The molecule has 0 unspecified atom stereocenters. The Morgan fingerprint density at radius 1 is 1.57 bits per heavy atom. The number of hydrogen-bond acceptors (Lipinski definition) is 6. The van der Waals surface area contributed by atoms with Crippen LogP contribution < -0.4 is 11.1 Å². The number of nitrogen functional groups attached to an aromatic ring is 1. The summed E-state index contributed by atoms with van der Waals surface area (Å²) in [6.07, 6.45) is 4.95. The van der Waals surface area contributed by atoms with Crippen LogP contribution in [0.2, 0.25) is 0 Å². The van der Waals surface area contributed by atoms with Crippen LogP contribution in [0.15, 0.2) is 18.7 Å². The van der Waals surface area contributed by atoms with E-state index in [9.17, 15) is 0 Å². The minimum absolute atomic E-state index is 0.681. The van der Waals surface area contributed by atoms with E-state index in [1.165, 1.54) is 17.9 Å². The van der Waals surface area contributed by atoms with Gasteiger partial charge in [0.2, 0.25) is 5.13 Å². The molecule has 74 valence electrons. The highest BCUT2D eigenvalue weighted by Gasteiger charge is 1.96. The van der Waals surface area contributed by atoms with E-state index in [0.717, 1.165) is 18.2 Å². The van der Waals surface area contributed by atoms with E-state index in [1.54, 1.807) is 17.1 Å². The molecule has 2 rings (SSSR count). The van der Waals surface area contributed by atoms with Crippen LogP contribution in [-0.4, -0.2) is 25.7 Å². The second kappa shape index (κ2) is 4.05. The minimum Gasteiger partial charge on any atom is -0.396 e. The van der Waals surface area contributed by atoms with Gasteiger partial charge in [-0.2, -0.15) is 9.47 Å². The number of anilines is 2. The van der Waals surface area contributed by atoms with Gasteiger partial charge in [0.15, 0.2) is 0 Å². The van der Waals surface area contributed by atoms with E-state index in [2.05, 4.69) is 19.8 Å². The fourth-order valence-corrected chi connectivity index (χ4v) is 1.49. The van der Waals surface area contributed by atoms with Crippen molar-refractivity contribution in [2.75, 3.05) is 17.6 Å². The molecule has 0 aliphatic rings. The highest BCUT2D eigenvalue weighted by molar-refractivity contribution is 7.09. The number of nitrogens with two attached hydrogens (primary N) is 1. The normalized spacial score (nSPS) is 10.3. The average Bonchev–Trinajstić information content (AvgIpc) is 2.77. The summed E-state index contributed by atoms with van der Waals surface area (Å²) in [4.78, 5) is 3.99. The van der Waals surface area contributed by atoms with Gasteiger partial charge >= 0.3 is 0 Å². The molecule has 6 nitrogen and oxygen atoms in total. The maximum atomic E-state index is 5.52. The van der Waals surface area contributed by atoms with Crippen LogP contribution in [0.4, 0.5) is 10.8 Å². The molecule has 0 radical (unpaired) electrons. The smallest absolute Gasteiger partial charge is 0.202 e. The standard InChI is InChI=1S/C7H10N6S/c8-6-3-11-13(4-6)2-1-9-7-10-5-12-14-7/h3-5H,1-2,8H2,(H,9,10,12). The predicted octanol–water partition coefficient (Wildman–Crippen LogP) is 0.429. The lowest BCUT2D eigenvalue weighted by atomic mass is 10.6. The lowest BCUT2D eigenvalue weighted by molar-refractivity contribution is 0.638. The molecule has 0 saturated carbocycles. The molecule has 0 bridgehead atoms. The second-order valence-electron chi connectivity index (χ2n) is 2.71. The molecule has 14 heavy (non-hydrogen) atoms.